The number of hydrogen-bond acceptors (Lipinski definition) is 5. The van der Waals surface area contributed by atoms with Gasteiger partial charge in [-0.3, -0.25) is 35.3 Å². The van der Waals surface area contributed by atoms with Gasteiger partial charge in [0.05, 0.1) is 4.92 Å². The number of nitro groups is 1. The number of rotatable bonds is 6. The molecule has 158 valence electrons. The SMILES string of the molecule is CC(C)C(NC(=O)c1ccc(Cl)c([N+](=O)[O-])c1)C(=O)NNC(=O)c1ccc(F)cc1. The van der Waals surface area contributed by atoms with Gasteiger partial charge >= 0.3 is 0 Å². The Bertz CT molecular complexity index is 981. The first-order valence-corrected chi connectivity index (χ1v) is 9.08. The second-order valence-corrected chi connectivity index (χ2v) is 6.98. The molecule has 2 aromatic carbocycles. The minimum Gasteiger partial charge on any atom is -0.340 e. The van der Waals surface area contributed by atoms with Gasteiger partial charge < -0.3 is 5.32 Å². The van der Waals surface area contributed by atoms with Crippen molar-refractivity contribution in [3.63, 3.8) is 0 Å². The normalized spacial score (nSPS) is 11.5. The molecule has 2 aromatic rings. The summed E-state index contributed by atoms with van der Waals surface area (Å²) in [6.07, 6.45) is 0. The maximum absolute atomic E-state index is 12.9. The van der Waals surface area contributed by atoms with Crippen molar-refractivity contribution in [1.29, 1.82) is 0 Å². The van der Waals surface area contributed by atoms with E-state index in [2.05, 4.69) is 16.2 Å². The molecular weight excluding hydrogens is 419 g/mol. The van der Waals surface area contributed by atoms with Crippen LogP contribution in [0.5, 0.6) is 0 Å². The minimum atomic E-state index is -1.05. The van der Waals surface area contributed by atoms with Crippen LogP contribution in [0.1, 0.15) is 34.6 Å². The Kier molecular flexibility index (Phi) is 7.43. The molecule has 3 N–H and O–H groups in total. The molecule has 0 saturated carbocycles. The molecule has 11 heteroatoms. The summed E-state index contributed by atoms with van der Waals surface area (Å²) < 4.78 is 12.9. The molecule has 30 heavy (non-hydrogen) atoms. The van der Waals surface area contributed by atoms with Crippen LogP contribution in [0.4, 0.5) is 10.1 Å². The van der Waals surface area contributed by atoms with Crippen LogP contribution in [0, 0.1) is 21.8 Å². The lowest BCUT2D eigenvalue weighted by atomic mass is 10.0. The summed E-state index contributed by atoms with van der Waals surface area (Å²) in [5.74, 6) is -3.00. The quantitative estimate of drug-likeness (QED) is 0.473. The number of halogens is 2. The van der Waals surface area contributed by atoms with Crippen LogP contribution in [-0.2, 0) is 4.79 Å². The maximum atomic E-state index is 12.9. The Morgan fingerprint density at radius 1 is 1.00 bits per heavy atom. The standard InChI is InChI=1S/C19H18ClFN4O5/c1-10(2)16(19(28)24-23-18(27)11-3-6-13(21)7-4-11)22-17(26)12-5-8-14(20)15(9-12)25(29)30/h3-10,16H,1-2H3,(H,22,26)(H,23,27)(H,24,28). The average Bonchev–Trinajstić information content (AvgIpc) is 2.70. The monoisotopic (exact) mass is 436 g/mol. The van der Waals surface area contributed by atoms with E-state index in [0.29, 0.717) is 0 Å². The first kappa shape index (κ1) is 22.8. The molecule has 0 fully saturated rings. The van der Waals surface area contributed by atoms with Gasteiger partial charge in [-0.1, -0.05) is 25.4 Å². The minimum absolute atomic E-state index is 0.0557. The van der Waals surface area contributed by atoms with Crippen molar-refractivity contribution in [2.24, 2.45) is 5.92 Å². The highest BCUT2D eigenvalue weighted by Crippen LogP contribution is 2.25. The van der Waals surface area contributed by atoms with E-state index in [1.54, 1.807) is 13.8 Å². The van der Waals surface area contributed by atoms with Gasteiger partial charge in [0, 0.05) is 17.2 Å². The van der Waals surface area contributed by atoms with E-state index in [9.17, 15) is 28.9 Å². The van der Waals surface area contributed by atoms with Crippen LogP contribution in [0.15, 0.2) is 42.5 Å². The molecule has 0 heterocycles. The van der Waals surface area contributed by atoms with Gasteiger partial charge in [0.25, 0.3) is 23.4 Å². The Morgan fingerprint density at radius 3 is 2.17 bits per heavy atom. The van der Waals surface area contributed by atoms with Crippen LogP contribution < -0.4 is 16.2 Å². The molecule has 0 aliphatic carbocycles. The van der Waals surface area contributed by atoms with Gasteiger partial charge in [-0.15, -0.1) is 0 Å². The summed E-state index contributed by atoms with van der Waals surface area (Å²) in [7, 11) is 0. The summed E-state index contributed by atoms with van der Waals surface area (Å²) >= 11 is 5.73. The number of amides is 3. The van der Waals surface area contributed by atoms with E-state index in [0.717, 1.165) is 18.2 Å². The molecule has 0 aliphatic rings. The van der Waals surface area contributed by atoms with E-state index < -0.39 is 40.2 Å². The number of benzene rings is 2. The third-order valence-electron chi connectivity index (χ3n) is 4.05. The van der Waals surface area contributed by atoms with Crippen molar-refractivity contribution in [2.75, 3.05) is 0 Å². The number of nitro benzene ring substituents is 1. The zero-order chi connectivity index (χ0) is 22.4. The van der Waals surface area contributed by atoms with Gasteiger partial charge in [0.2, 0.25) is 0 Å². The van der Waals surface area contributed by atoms with Crippen LogP contribution in [0.25, 0.3) is 0 Å². The maximum Gasteiger partial charge on any atom is 0.288 e. The number of hydrazine groups is 1. The highest BCUT2D eigenvalue weighted by molar-refractivity contribution is 6.32. The van der Waals surface area contributed by atoms with E-state index in [1.165, 1.54) is 24.3 Å². The lowest BCUT2D eigenvalue weighted by molar-refractivity contribution is -0.384. The summed E-state index contributed by atoms with van der Waals surface area (Å²) in [5, 5.41) is 13.3. The number of hydrogen-bond donors (Lipinski definition) is 3. The van der Waals surface area contributed by atoms with Gasteiger partial charge in [0.15, 0.2) is 0 Å². The summed E-state index contributed by atoms with van der Waals surface area (Å²) in [6.45, 7) is 3.33. The molecule has 0 radical (unpaired) electrons. The average molecular weight is 437 g/mol. The molecular formula is C19H18ClFN4O5. The second-order valence-electron chi connectivity index (χ2n) is 6.57. The van der Waals surface area contributed by atoms with Gasteiger partial charge in [-0.05, 0) is 42.3 Å². The van der Waals surface area contributed by atoms with E-state index in [-0.39, 0.29) is 22.1 Å². The Labute approximate surface area is 175 Å². The second kappa shape index (κ2) is 9.79. The topological polar surface area (TPSA) is 130 Å². The van der Waals surface area contributed by atoms with Crippen LogP contribution in [0.3, 0.4) is 0 Å². The number of carbonyl (C=O) groups is 3. The third kappa shape index (κ3) is 5.74. The van der Waals surface area contributed by atoms with Crippen molar-refractivity contribution in [3.05, 3.63) is 74.5 Å². The van der Waals surface area contributed by atoms with Crippen LogP contribution in [0.2, 0.25) is 5.02 Å². The number of nitrogens with one attached hydrogen (secondary N) is 3. The molecule has 0 spiro atoms. The highest BCUT2D eigenvalue weighted by atomic mass is 35.5. The van der Waals surface area contributed by atoms with Crippen molar-refractivity contribution in [3.8, 4) is 0 Å². The summed E-state index contributed by atoms with van der Waals surface area (Å²) in [5.41, 5.74) is 4.00. The van der Waals surface area contributed by atoms with E-state index in [4.69, 9.17) is 11.6 Å². The first-order valence-electron chi connectivity index (χ1n) is 8.70. The van der Waals surface area contributed by atoms with Crippen LogP contribution >= 0.6 is 11.6 Å². The molecule has 3 amide bonds. The molecule has 9 nitrogen and oxygen atoms in total. The van der Waals surface area contributed by atoms with Crippen LogP contribution in [-0.4, -0.2) is 28.7 Å². The molecule has 0 aliphatic heterocycles. The lowest BCUT2D eigenvalue weighted by Gasteiger charge is -2.22. The summed E-state index contributed by atoms with van der Waals surface area (Å²) in [6, 6.07) is 7.12. The van der Waals surface area contributed by atoms with E-state index in [1.807, 2.05) is 0 Å². The molecule has 1 atom stereocenters. The van der Waals surface area contributed by atoms with Crippen molar-refractivity contribution in [1.82, 2.24) is 16.2 Å². The van der Waals surface area contributed by atoms with Crippen molar-refractivity contribution >= 4 is 35.0 Å². The smallest absolute Gasteiger partial charge is 0.288 e. The van der Waals surface area contributed by atoms with Gasteiger partial charge in [-0.25, -0.2) is 4.39 Å². The Morgan fingerprint density at radius 2 is 1.60 bits per heavy atom. The molecule has 0 bridgehead atoms. The Hall–Kier alpha value is -3.53. The Balaban J connectivity index is 2.06. The predicted octanol–water partition coefficient (Wildman–Crippen LogP) is 2.60. The number of carbonyl (C=O) groups excluding carboxylic acids is 3. The fourth-order valence-corrected chi connectivity index (χ4v) is 2.61. The third-order valence-corrected chi connectivity index (χ3v) is 4.37. The van der Waals surface area contributed by atoms with Gasteiger partial charge in [-0.2, -0.15) is 0 Å². The lowest BCUT2D eigenvalue weighted by Crippen LogP contribution is -2.54. The fourth-order valence-electron chi connectivity index (χ4n) is 2.42. The molecule has 0 saturated heterocycles. The van der Waals surface area contributed by atoms with Gasteiger partial charge in [0.1, 0.15) is 16.9 Å². The zero-order valence-electron chi connectivity index (χ0n) is 15.9. The number of nitrogens with zero attached hydrogens (tertiary/aromatic N) is 1. The molecule has 1 unspecified atom stereocenters. The first-order chi connectivity index (χ1) is 14.1. The molecule has 2 rings (SSSR count). The largest absolute Gasteiger partial charge is 0.340 e. The molecule has 0 aromatic heterocycles. The van der Waals surface area contributed by atoms with E-state index >= 15 is 0 Å². The predicted molar refractivity (Wildman–Crippen MR) is 106 cm³/mol. The highest BCUT2D eigenvalue weighted by Gasteiger charge is 2.26. The zero-order valence-corrected chi connectivity index (χ0v) is 16.7. The summed E-state index contributed by atoms with van der Waals surface area (Å²) in [4.78, 5) is 47.2. The van der Waals surface area contributed by atoms with Crippen molar-refractivity contribution < 1.29 is 23.7 Å². The fraction of sp³-hybridized carbons (Fsp3) is 0.211. The van der Waals surface area contributed by atoms with Crippen molar-refractivity contribution in [2.45, 2.75) is 19.9 Å².